The molecule has 1 atom stereocenters. The largest absolute Gasteiger partial charge is 0.496 e. The van der Waals surface area contributed by atoms with Gasteiger partial charge in [0.1, 0.15) is 17.1 Å². The number of carboxylic acids is 1. The Morgan fingerprint density at radius 2 is 1.88 bits per heavy atom. The van der Waals surface area contributed by atoms with Gasteiger partial charge in [0.05, 0.1) is 7.11 Å². The Labute approximate surface area is 148 Å². The second-order valence-corrected chi connectivity index (χ2v) is 5.39. The summed E-state index contributed by atoms with van der Waals surface area (Å²) >= 11 is 0. The fourth-order valence-electron chi connectivity index (χ4n) is 2.17. The van der Waals surface area contributed by atoms with Crippen molar-refractivity contribution in [2.75, 3.05) is 7.11 Å². The molecule has 8 heteroatoms. The van der Waals surface area contributed by atoms with Crippen LogP contribution in [0.25, 0.3) is 0 Å². The van der Waals surface area contributed by atoms with Crippen LogP contribution < -0.4 is 14.8 Å². The molecule has 0 unspecified atom stereocenters. The number of ether oxygens (including phenoxy) is 2. The van der Waals surface area contributed by atoms with Crippen LogP contribution in [0.5, 0.6) is 11.5 Å². The number of nitrogens with one attached hydrogen (secondary N) is 1. The van der Waals surface area contributed by atoms with Crippen LogP contribution in [0.3, 0.4) is 0 Å². The lowest BCUT2D eigenvalue weighted by Gasteiger charge is -2.15. The molecule has 0 radical (unpaired) electrons. The number of methoxy groups -OCH3 is 1. The number of benzene rings is 2. The van der Waals surface area contributed by atoms with Gasteiger partial charge in [-0.05, 0) is 36.8 Å². The summed E-state index contributed by atoms with van der Waals surface area (Å²) in [5, 5.41) is 11.7. The van der Waals surface area contributed by atoms with Crippen molar-refractivity contribution in [3.05, 3.63) is 59.2 Å². The molecule has 2 aromatic carbocycles. The minimum atomic E-state index is -1.15. The first-order valence-corrected chi connectivity index (χ1v) is 7.61. The Morgan fingerprint density at radius 3 is 2.50 bits per heavy atom. The predicted octanol–water partition coefficient (Wildman–Crippen LogP) is 2.76. The van der Waals surface area contributed by atoms with E-state index in [1.54, 1.807) is 6.07 Å². The van der Waals surface area contributed by atoms with E-state index < -0.39 is 29.6 Å². The van der Waals surface area contributed by atoms with Crippen molar-refractivity contribution in [3.63, 3.8) is 0 Å². The van der Waals surface area contributed by atoms with Crippen molar-refractivity contribution in [3.8, 4) is 11.5 Å². The smallest absolute Gasteiger partial charge is 0.339 e. The van der Waals surface area contributed by atoms with Gasteiger partial charge in [-0.3, -0.25) is 4.79 Å². The second-order valence-electron chi connectivity index (χ2n) is 5.39. The van der Waals surface area contributed by atoms with E-state index in [1.165, 1.54) is 32.2 Å². The highest BCUT2D eigenvalue weighted by atomic mass is 19.2. The molecule has 0 aliphatic rings. The first-order valence-electron chi connectivity index (χ1n) is 7.61. The maximum atomic E-state index is 13.2. The van der Waals surface area contributed by atoms with E-state index in [1.807, 2.05) is 0 Å². The van der Waals surface area contributed by atoms with Gasteiger partial charge in [0.25, 0.3) is 5.91 Å². The molecule has 0 saturated heterocycles. The van der Waals surface area contributed by atoms with Crippen LogP contribution in [0.2, 0.25) is 0 Å². The Hall–Kier alpha value is -3.16. The summed E-state index contributed by atoms with van der Waals surface area (Å²) in [5.41, 5.74) is 0.530. The molecule has 0 bridgehead atoms. The number of rotatable bonds is 7. The highest BCUT2D eigenvalue weighted by Crippen LogP contribution is 2.20. The lowest BCUT2D eigenvalue weighted by Crippen LogP contribution is -2.36. The molecule has 1 amide bonds. The monoisotopic (exact) mass is 365 g/mol. The number of carbonyl (C=O) groups excluding carboxylic acids is 1. The molecule has 2 aromatic rings. The Balaban J connectivity index is 1.98. The molecule has 0 fully saturated rings. The van der Waals surface area contributed by atoms with Crippen LogP contribution in [-0.2, 0) is 11.3 Å². The normalized spacial score (nSPS) is 11.5. The minimum absolute atomic E-state index is 0.0177. The van der Waals surface area contributed by atoms with Crippen molar-refractivity contribution < 1.29 is 33.0 Å². The molecule has 26 heavy (non-hydrogen) atoms. The zero-order valence-electron chi connectivity index (χ0n) is 14.1. The van der Waals surface area contributed by atoms with Crippen molar-refractivity contribution in [2.45, 2.75) is 19.6 Å². The molecule has 0 saturated carbocycles. The van der Waals surface area contributed by atoms with Gasteiger partial charge in [0, 0.05) is 12.6 Å². The molecule has 2 rings (SSSR count). The van der Waals surface area contributed by atoms with Gasteiger partial charge in [-0.25, -0.2) is 13.6 Å². The molecule has 0 aromatic heterocycles. The zero-order valence-corrected chi connectivity index (χ0v) is 14.1. The second kappa shape index (κ2) is 8.28. The number of hydrogen-bond donors (Lipinski definition) is 2. The fourth-order valence-corrected chi connectivity index (χ4v) is 2.17. The van der Waals surface area contributed by atoms with E-state index in [2.05, 4.69) is 5.32 Å². The molecular weight excluding hydrogens is 348 g/mol. The van der Waals surface area contributed by atoms with Crippen LogP contribution in [-0.4, -0.2) is 30.2 Å². The van der Waals surface area contributed by atoms with Crippen LogP contribution >= 0.6 is 0 Å². The van der Waals surface area contributed by atoms with Crippen molar-refractivity contribution in [1.29, 1.82) is 0 Å². The third-order valence-corrected chi connectivity index (χ3v) is 3.53. The van der Waals surface area contributed by atoms with Crippen molar-refractivity contribution in [2.24, 2.45) is 0 Å². The van der Waals surface area contributed by atoms with Crippen LogP contribution in [0, 0.1) is 11.6 Å². The van der Waals surface area contributed by atoms with Gasteiger partial charge in [0.15, 0.2) is 17.7 Å². The lowest BCUT2D eigenvalue weighted by molar-refractivity contribution is -0.127. The number of hydrogen-bond acceptors (Lipinski definition) is 4. The van der Waals surface area contributed by atoms with Crippen LogP contribution in [0.15, 0.2) is 36.4 Å². The van der Waals surface area contributed by atoms with Crippen molar-refractivity contribution >= 4 is 11.9 Å². The standard InChI is InChI=1S/C18H17F2NO5/c1-10(26-12-4-5-14(19)15(20)8-12)17(22)21-9-11-3-6-16(25-2)13(7-11)18(23)24/h3-8,10H,9H2,1-2H3,(H,21,22)(H,23,24)/t10-/m0/s1. The molecule has 138 valence electrons. The molecule has 6 nitrogen and oxygen atoms in total. The zero-order chi connectivity index (χ0) is 19.3. The molecule has 0 heterocycles. The molecule has 0 spiro atoms. The van der Waals surface area contributed by atoms with Gasteiger partial charge in [-0.2, -0.15) is 0 Å². The van der Waals surface area contributed by atoms with E-state index in [0.717, 1.165) is 12.1 Å². The van der Waals surface area contributed by atoms with Crippen molar-refractivity contribution in [1.82, 2.24) is 5.32 Å². The average molecular weight is 365 g/mol. The molecule has 0 aliphatic heterocycles. The summed E-state index contributed by atoms with van der Waals surface area (Å²) < 4.78 is 36.3. The third-order valence-electron chi connectivity index (χ3n) is 3.53. The predicted molar refractivity (Wildman–Crippen MR) is 88.2 cm³/mol. The summed E-state index contributed by atoms with van der Waals surface area (Å²) in [6.45, 7) is 1.52. The summed E-state index contributed by atoms with van der Waals surface area (Å²) in [7, 11) is 1.36. The first-order chi connectivity index (χ1) is 12.3. The van der Waals surface area contributed by atoms with Crippen LogP contribution in [0.4, 0.5) is 8.78 Å². The molecular formula is C18H17F2NO5. The Morgan fingerprint density at radius 1 is 1.15 bits per heavy atom. The van der Waals surface area contributed by atoms with E-state index >= 15 is 0 Å². The van der Waals surface area contributed by atoms with E-state index in [-0.39, 0.29) is 23.6 Å². The minimum Gasteiger partial charge on any atom is -0.496 e. The van der Waals surface area contributed by atoms with Gasteiger partial charge < -0.3 is 19.9 Å². The number of carboxylic acid groups (broad SMARTS) is 1. The summed E-state index contributed by atoms with van der Waals surface area (Å²) in [6.07, 6.45) is -0.961. The maximum absolute atomic E-state index is 13.2. The van der Waals surface area contributed by atoms with E-state index in [9.17, 15) is 18.4 Å². The Kier molecular flexibility index (Phi) is 6.11. The number of aromatic carboxylic acids is 1. The number of amides is 1. The highest BCUT2D eigenvalue weighted by Gasteiger charge is 2.16. The van der Waals surface area contributed by atoms with E-state index in [0.29, 0.717) is 5.56 Å². The number of halogens is 2. The highest BCUT2D eigenvalue weighted by molar-refractivity contribution is 5.91. The summed E-state index contributed by atoms with van der Waals surface area (Å²) in [6, 6.07) is 7.47. The number of carbonyl (C=O) groups is 2. The van der Waals surface area contributed by atoms with E-state index in [4.69, 9.17) is 14.6 Å². The molecule has 2 N–H and O–H groups in total. The topological polar surface area (TPSA) is 84.9 Å². The Bertz CT molecular complexity index is 825. The fraction of sp³-hybridized carbons (Fsp3) is 0.222. The van der Waals surface area contributed by atoms with Gasteiger partial charge in [0.2, 0.25) is 0 Å². The SMILES string of the molecule is COc1ccc(CNC(=O)[C@H](C)Oc2ccc(F)c(F)c2)cc1C(=O)O. The quantitative estimate of drug-likeness (QED) is 0.788. The summed E-state index contributed by atoms with van der Waals surface area (Å²) in [5.74, 6) is -3.50. The summed E-state index contributed by atoms with van der Waals surface area (Å²) in [4.78, 5) is 23.3. The molecule has 0 aliphatic carbocycles. The van der Waals surface area contributed by atoms with Crippen LogP contribution in [0.1, 0.15) is 22.8 Å². The average Bonchev–Trinajstić information content (AvgIpc) is 2.62. The van der Waals surface area contributed by atoms with Gasteiger partial charge >= 0.3 is 5.97 Å². The first kappa shape index (κ1) is 19.2. The van der Waals surface area contributed by atoms with Gasteiger partial charge in [-0.1, -0.05) is 6.07 Å². The third kappa shape index (κ3) is 4.69. The van der Waals surface area contributed by atoms with Gasteiger partial charge in [-0.15, -0.1) is 0 Å². The lowest BCUT2D eigenvalue weighted by atomic mass is 10.1. The maximum Gasteiger partial charge on any atom is 0.339 e.